The van der Waals surface area contributed by atoms with Gasteiger partial charge < -0.3 is 9.64 Å². The summed E-state index contributed by atoms with van der Waals surface area (Å²) in [5, 5.41) is 1.01. The zero-order chi connectivity index (χ0) is 19.2. The van der Waals surface area contributed by atoms with Gasteiger partial charge in [0.2, 0.25) is 0 Å². The predicted octanol–water partition coefficient (Wildman–Crippen LogP) is 3.83. The van der Waals surface area contributed by atoms with Crippen LogP contribution in [0.25, 0.3) is 17.0 Å². The quantitative estimate of drug-likeness (QED) is 0.596. The molecule has 3 rings (SSSR count). The first-order valence-corrected chi connectivity index (χ1v) is 9.49. The van der Waals surface area contributed by atoms with Crippen molar-refractivity contribution in [3.63, 3.8) is 0 Å². The molecule has 1 fully saturated rings. The number of hydrogen-bond acceptors (Lipinski definition) is 4. The number of pyridine rings is 1. The SMILES string of the molecule is CC1CCC(N(C)C(=O)COC(=O)/C=C/c2cccc3cccnc23)CC1. The summed E-state index contributed by atoms with van der Waals surface area (Å²) in [7, 11) is 1.80. The molecule has 0 spiro atoms. The van der Waals surface area contributed by atoms with Crippen molar-refractivity contribution in [2.24, 2.45) is 5.92 Å². The van der Waals surface area contributed by atoms with Crippen LogP contribution in [0.1, 0.15) is 38.2 Å². The number of ether oxygens (including phenoxy) is 1. The first kappa shape index (κ1) is 19.1. The van der Waals surface area contributed by atoms with E-state index < -0.39 is 5.97 Å². The van der Waals surface area contributed by atoms with E-state index in [9.17, 15) is 9.59 Å². The Labute approximate surface area is 160 Å². The molecule has 0 saturated heterocycles. The minimum Gasteiger partial charge on any atom is -0.452 e. The predicted molar refractivity (Wildman–Crippen MR) is 106 cm³/mol. The zero-order valence-corrected chi connectivity index (χ0v) is 15.9. The lowest BCUT2D eigenvalue weighted by molar-refractivity contribution is -0.148. The van der Waals surface area contributed by atoms with Gasteiger partial charge in [-0.05, 0) is 43.7 Å². The molecule has 5 nitrogen and oxygen atoms in total. The number of likely N-dealkylation sites (N-methyl/N-ethyl adjacent to an activating group) is 1. The molecule has 1 aliphatic carbocycles. The van der Waals surface area contributed by atoms with Crippen molar-refractivity contribution in [2.75, 3.05) is 13.7 Å². The molecule has 0 unspecified atom stereocenters. The van der Waals surface area contributed by atoms with Crippen LogP contribution < -0.4 is 0 Å². The summed E-state index contributed by atoms with van der Waals surface area (Å²) in [4.78, 5) is 30.4. The highest BCUT2D eigenvalue weighted by Gasteiger charge is 2.25. The number of esters is 1. The van der Waals surface area contributed by atoms with Crippen LogP contribution in [-0.2, 0) is 14.3 Å². The fourth-order valence-electron chi connectivity index (χ4n) is 3.54. The van der Waals surface area contributed by atoms with Gasteiger partial charge in [0, 0.05) is 36.3 Å². The fraction of sp³-hybridized carbons (Fsp3) is 0.409. The van der Waals surface area contributed by atoms with Crippen molar-refractivity contribution in [1.82, 2.24) is 9.88 Å². The second-order valence-corrected chi connectivity index (χ2v) is 7.28. The number of benzene rings is 1. The molecular weight excluding hydrogens is 340 g/mol. The van der Waals surface area contributed by atoms with Gasteiger partial charge >= 0.3 is 5.97 Å². The van der Waals surface area contributed by atoms with Crippen molar-refractivity contribution in [3.8, 4) is 0 Å². The van der Waals surface area contributed by atoms with Gasteiger partial charge in [0.05, 0.1) is 5.52 Å². The smallest absolute Gasteiger partial charge is 0.331 e. The van der Waals surface area contributed by atoms with Crippen LogP contribution in [0, 0.1) is 5.92 Å². The van der Waals surface area contributed by atoms with E-state index >= 15 is 0 Å². The molecule has 0 atom stereocenters. The number of nitrogens with zero attached hydrogens (tertiary/aromatic N) is 2. The topological polar surface area (TPSA) is 59.5 Å². The summed E-state index contributed by atoms with van der Waals surface area (Å²) in [6.07, 6.45) is 9.07. The maximum absolute atomic E-state index is 12.3. The maximum atomic E-state index is 12.3. The molecular formula is C22H26N2O3. The third kappa shape index (κ3) is 4.94. The van der Waals surface area contributed by atoms with E-state index in [2.05, 4.69) is 11.9 Å². The number of para-hydroxylation sites is 1. The van der Waals surface area contributed by atoms with Crippen molar-refractivity contribution >= 4 is 28.9 Å². The van der Waals surface area contributed by atoms with Crippen molar-refractivity contribution in [2.45, 2.75) is 38.6 Å². The Kier molecular flexibility index (Phi) is 6.22. The van der Waals surface area contributed by atoms with Crippen molar-refractivity contribution in [3.05, 3.63) is 48.2 Å². The van der Waals surface area contributed by atoms with E-state index in [1.807, 2.05) is 30.3 Å². The lowest BCUT2D eigenvalue weighted by Gasteiger charge is -2.33. The molecule has 27 heavy (non-hydrogen) atoms. The van der Waals surface area contributed by atoms with Gasteiger partial charge in [0.15, 0.2) is 6.61 Å². The van der Waals surface area contributed by atoms with Gasteiger partial charge in [-0.25, -0.2) is 4.79 Å². The fourth-order valence-corrected chi connectivity index (χ4v) is 3.54. The highest BCUT2D eigenvalue weighted by atomic mass is 16.5. The molecule has 1 heterocycles. The first-order chi connectivity index (χ1) is 13.0. The molecule has 1 aromatic heterocycles. The number of carbonyl (C=O) groups is 2. The number of rotatable bonds is 5. The maximum Gasteiger partial charge on any atom is 0.331 e. The van der Waals surface area contributed by atoms with Crippen LogP contribution in [0.4, 0.5) is 0 Å². The Balaban J connectivity index is 1.53. The number of amides is 1. The molecule has 1 saturated carbocycles. The summed E-state index contributed by atoms with van der Waals surface area (Å²) in [6, 6.07) is 9.88. The Morgan fingerprint density at radius 3 is 2.70 bits per heavy atom. The average molecular weight is 366 g/mol. The monoisotopic (exact) mass is 366 g/mol. The summed E-state index contributed by atoms with van der Waals surface area (Å²) < 4.78 is 5.13. The Bertz CT molecular complexity index is 833. The van der Waals surface area contributed by atoms with E-state index in [4.69, 9.17) is 4.74 Å². The normalized spacial score (nSPS) is 19.9. The zero-order valence-electron chi connectivity index (χ0n) is 15.9. The van der Waals surface area contributed by atoms with Crippen LogP contribution in [0.3, 0.4) is 0 Å². The number of carbonyl (C=O) groups excluding carboxylic acids is 2. The van der Waals surface area contributed by atoms with Crippen LogP contribution in [0.5, 0.6) is 0 Å². The van der Waals surface area contributed by atoms with Crippen LogP contribution >= 0.6 is 0 Å². The highest BCUT2D eigenvalue weighted by Crippen LogP contribution is 2.26. The average Bonchev–Trinajstić information content (AvgIpc) is 2.70. The van der Waals surface area contributed by atoms with Crippen LogP contribution in [-0.4, -0.2) is 41.5 Å². The summed E-state index contributed by atoms with van der Waals surface area (Å²) in [5.41, 5.74) is 1.66. The number of fused-ring (bicyclic) bond motifs is 1. The largest absolute Gasteiger partial charge is 0.452 e. The van der Waals surface area contributed by atoms with Gasteiger partial charge in [-0.15, -0.1) is 0 Å². The molecule has 0 aliphatic heterocycles. The van der Waals surface area contributed by atoms with Crippen LogP contribution in [0.15, 0.2) is 42.6 Å². The highest BCUT2D eigenvalue weighted by molar-refractivity contribution is 5.93. The molecule has 0 radical (unpaired) electrons. The first-order valence-electron chi connectivity index (χ1n) is 9.49. The van der Waals surface area contributed by atoms with Gasteiger partial charge in [-0.3, -0.25) is 9.78 Å². The molecule has 2 aromatic rings. The Morgan fingerprint density at radius 2 is 1.93 bits per heavy atom. The molecule has 1 amide bonds. The van der Waals surface area contributed by atoms with Crippen LogP contribution in [0.2, 0.25) is 0 Å². The Hall–Kier alpha value is -2.69. The van der Waals surface area contributed by atoms with Gasteiger partial charge in [-0.1, -0.05) is 31.2 Å². The summed E-state index contributed by atoms with van der Waals surface area (Å²) in [6.45, 7) is 2.02. The standard InChI is InChI=1S/C22H26N2O3/c1-16-8-11-19(12-9-16)24(2)20(25)15-27-21(26)13-10-18-6-3-5-17-7-4-14-23-22(17)18/h3-7,10,13-14,16,19H,8-9,11-12,15H2,1-2H3/b13-10+. The lowest BCUT2D eigenvalue weighted by Crippen LogP contribution is -2.41. The molecule has 1 aliphatic rings. The van der Waals surface area contributed by atoms with Gasteiger partial charge in [-0.2, -0.15) is 0 Å². The Morgan fingerprint density at radius 1 is 1.19 bits per heavy atom. The second-order valence-electron chi connectivity index (χ2n) is 7.28. The van der Waals surface area contributed by atoms with E-state index in [1.165, 1.54) is 6.08 Å². The van der Waals surface area contributed by atoms with Gasteiger partial charge in [0.25, 0.3) is 5.91 Å². The minimum atomic E-state index is -0.526. The number of hydrogen-bond donors (Lipinski definition) is 0. The number of aromatic nitrogens is 1. The van der Waals surface area contributed by atoms with Gasteiger partial charge in [0.1, 0.15) is 0 Å². The van der Waals surface area contributed by atoms with Crippen molar-refractivity contribution in [1.29, 1.82) is 0 Å². The minimum absolute atomic E-state index is 0.150. The molecule has 0 bridgehead atoms. The van der Waals surface area contributed by atoms with Crippen molar-refractivity contribution < 1.29 is 14.3 Å². The second kappa shape index (κ2) is 8.80. The van der Waals surface area contributed by atoms with E-state index in [0.717, 1.165) is 48.1 Å². The lowest BCUT2D eigenvalue weighted by atomic mass is 9.87. The molecule has 1 aromatic carbocycles. The molecule has 142 valence electrons. The van der Waals surface area contributed by atoms with E-state index in [1.54, 1.807) is 24.2 Å². The van der Waals surface area contributed by atoms with E-state index in [0.29, 0.717) is 0 Å². The molecule has 0 N–H and O–H groups in total. The summed E-state index contributed by atoms with van der Waals surface area (Å²) in [5.74, 6) is 0.0568. The third-order valence-electron chi connectivity index (χ3n) is 5.33. The summed E-state index contributed by atoms with van der Waals surface area (Å²) >= 11 is 0. The van der Waals surface area contributed by atoms with E-state index in [-0.39, 0.29) is 18.6 Å². The third-order valence-corrected chi connectivity index (χ3v) is 5.33. The molecule has 5 heteroatoms.